The molecule has 238 valence electrons. The molecular weight excluding hydrogens is 590 g/mol. The molecule has 0 bridgehead atoms. The van der Waals surface area contributed by atoms with E-state index in [1.807, 2.05) is 0 Å². The molecule has 0 saturated carbocycles. The van der Waals surface area contributed by atoms with E-state index in [9.17, 15) is 19.5 Å². The van der Waals surface area contributed by atoms with E-state index in [-0.39, 0.29) is 23.7 Å². The van der Waals surface area contributed by atoms with Gasteiger partial charge in [-0.25, -0.2) is 14.4 Å². The lowest BCUT2D eigenvalue weighted by molar-refractivity contribution is -0.259. The quantitative estimate of drug-likeness (QED) is 0.174. The number of phenols is 1. The molecule has 0 aliphatic carbocycles. The van der Waals surface area contributed by atoms with Crippen LogP contribution in [0.5, 0.6) is 11.5 Å². The lowest BCUT2D eigenvalue weighted by Crippen LogP contribution is -2.59. The van der Waals surface area contributed by atoms with E-state index >= 15 is 0 Å². The standard InChI is InChI=1S/C36H35NO9/c1-23-31(45-34(40)26-13-7-3-8-14-26)30(22-42-33(39)25-11-5-2-6-12-25)44-36(32(23)46-35(41)27-15-9-4-10-16-27)43-29-21-24(19-20-37)17-18-28(29)38/h2-18,21,23,30-32,36,38H,19-20,22,37H2,1H3. The van der Waals surface area contributed by atoms with Crippen molar-refractivity contribution in [3.8, 4) is 11.5 Å². The highest BCUT2D eigenvalue weighted by molar-refractivity contribution is 5.90. The Morgan fingerprint density at radius 1 is 0.739 bits per heavy atom. The Labute approximate surface area is 266 Å². The molecule has 10 nitrogen and oxygen atoms in total. The number of carbonyl (C=O) groups excluding carboxylic acids is 3. The second-order valence-corrected chi connectivity index (χ2v) is 10.8. The van der Waals surface area contributed by atoms with Gasteiger partial charge in [0.1, 0.15) is 18.8 Å². The van der Waals surface area contributed by atoms with Crippen LogP contribution in [0.1, 0.15) is 43.6 Å². The van der Waals surface area contributed by atoms with Crippen LogP contribution in [0.4, 0.5) is 0 Å². The molecule has 5 unspecified atom stereocenters. The van der Waals surface area contributed by atoms with Crippen molar-refractivity contribution in [2.24, 2.45) is 11.7 Å². The van der Waals surface area contributed by atoms with Crippen LogP contribution >= 0.6 is 0 Å². The van der Waals surface area contributed by atoms with Crippen molar-refractivity contribution in [1.29, 1.82) is 0 Å². The lowest BCUT2D eigenvalue weighted by atomic mass is 9.90. The van der Waals surface area contributed by atoms with Gasteiger partial charge in [-0.1, -0.05) is 67.6 Å². The summed E-state index contributed by atoms with van der Waals surface area (Å²) >= 11 is 0. The van der Waals surface area contributed by atoms with Gasteiger partial charge >= 0.3 is 17.9 Å². The highest BCUT2D eigenvalue weighted by Crippen LogP contribution is 2.36. The fourth-order valence-electron chi connectivity index (χ4n) is 5.12. The SMILES string of the molecule is CC1C(OC(=O)c2ccccc2)C(COC(=O)c2ccccc2)OC(Oc2cc(CCN)ccc2O)C1OC(=O)c1ccccc1. The normalized spacial score (nSPS) is 20.7. The molecule has 1 saturated heterocycles. The Morgan fingerprint density at radius 2 is 1.26 bits per heavy atom. The average molecular weight is 626 g/mol. The van der Waals surface area contributed by atoms with Gasteiger partial charge in [0.2, 0.25) is 6.29 Å². The van der Waals surface area contributed by atoms with E-state index in [2.05, 4.69) is 0 Å². The number of rotatable bonds is 11. The Hall–Kier alpha value is -5.19. The number of hydrogen-bond acceptors (Lipinski definition) is 10. The first-order valence-electron chi connectivity index (χ1n) is 14.9. The van der Waals surface area contributed by atoms with Crippen LogP contribution in [0.3, 0.4) is 0 Å². The predicted octanol–water partition coefficient (Wildman–Crippen LogP) is 4.94. The minimum absolute atomic E-state index is 0.0728. The maximum absolute atomic E-state index is 13.3. The largest absolute Gasteiger partial charge is 0.504 e. The van der Waals surface area contributed by atoms with Gasteiger partial charge in [0.25, 0.3) is 0 Å². The third-order valence-corrected chi connectivity index (χ3v) is 7.57. The van der Waals surface area contributed by atoms with Gasteiger partial charge in [-0.2, -0.15) is 0 Å². The average Bonchev–Trinajstić information content (AvgIpc) is 3.09. The number of aromatic hydroxyl groups is 1. The van der Waals surface area contributed by atoms with Crippen LogP contribution < -0.4 is 10.5 Å². The summed E-state index contributed by atoms with van der Waals surface area (Å²) in [7, 11) is 0. The number of benzene rings is 4. The molecule has 3 N–H and O–H groups in total. The molecule has 4 aromatic carbocycles. The van der Waals surface area contributed by atoms with Crippen molar-refractivity contribution < 1.29 is 43.2 Å². The van der Waals surface area contributed by atoms with Crippen molar-refractivity contribution in [2.45, 2.75) is 37.9 Å². The number of hydrogen-bond donors (Lipinski definition) is 2. The Morgan fingerprint density at radius 3 is 1.80 bits per heavy atom. The van der Waals surface area contributed by atoms with Crippen molar-refractivity contribution >= 4 is 17.9 Å². The van der Waals surface area contributed by atoms with Gasteiger partial charge in [0, 0.05) is 5.92 Å². The zero-order valence-electron chi connectivity index (χ0n) is 25.2. The maximum Gasteiger partial charge on any atom is 0.338 e. The minimum Gasteiger partial charge on any atom is -0.504 e. The molecule has 1 aliphatic rings. The highest BCUT2D eigenvalue weighted by atomic mass is 16.7. The number of nitrogens with two attached hydrogens (primary N) is 1. The topological polar surface area (TPSA) is 144 Å². The molecule has 0 aromatic heterocycles. The summed E-state index contributed by atoms with van der Waals surface area (Å²) in [5.41, 5.74) is 7.45. The molecule has 5 rings (SSSR count). The summed E-state index contributed by atoms with van der Waals surface area (Å²) in [6, 6.07) is 30.0. The van der Waals surface area contributed by atoms with Crippen molar-refractivity contribution in [1.82, 2.24) is 0 Å². The second kappa shape index (κ2) is 15.2. The summed E-state index contributed by atoms with van der Waals surface area (Å²) in [6.45, 7) is 1.78. The van der Waals surface area contributed by atoms with Crippen molar-refractivity contribution in [3.63, 3.8) is 0 Å². The van der Waals surface area contributed by atoms with Gasteiger partial charge in [0.15, 0.2) is 17.6 Å². The molecule has 0 spiro atoms. The third kappa shape index (κ3) is 7.90. The van der Waals surface area contributed by atoms with Gasteiger partial charge in [-0.3, -0.25) is 0 Å². The van der Waals surface area contributed by atoms with Crippen LogP contribution in [-0.2, 0) is 25.4 Å². The Bertz CT molecular complexity index is 1610. The van der Waals surface area contributed by atoms with E-state index in [1.54, 1.807) is 110 Å². The maximum atomic E-state index is 13.3. The summed E-state index contributed by atoms with van der Waals surface area (Å²) in [5.74, 6) is -2.72. The van der Waals surface area contributed by atoms with Gasteiger partial charge in [0.05, 0.1) is 16.7 Å². The summed E-state index contributed by atoms with van der Waals surface area (Å²) < 4.78 is 30.0. The van der Waals surface area contributed by atoms with E-state index in [4.69, 9.17) is 29.4 Å². The minimum atomic E-state index is -1.30. The lowest BCUT2D eigenvalue weighted by Gasteiger charge is -2.43. The number of esters is 3. The Balaban J connectivity index is 1.47. The molecular formula is C36H35NO9. The van der Waals surface area contributed by atoms with E-state index in [0.717, 1.165) is 5.56 Å². The van der Waals surface area contributed by atoms with Crippen LogP contribution in [0.2, 0.25) is 0 Å². The van der Waals surface area contributed by atoms with Crippen molar-refractivity contribution in [2.75, 3.05) is 13.2 Å². The number of carbonyl (C=O) groups is 3. The molecule has 1 heterocycles. The number of ether oxygens (including phenoxy) is 5. The molecule has 46 heavy (non-hydrogen) atoms. The van der Waals surface area contributed by atoms with E-state index in [0.29, 0.717) is 24.1 Å². The van der Waals surface area contributed by atoms with E-state index in [1.165, 1.54) is 6.07 Å². The zero-order chi connectivity index (χ0) is 32.5. The second-order valence-electron chi connectivity index (χ2n) is 10.8. The van der Waals surface area contributed by atoms with Crippen molar-refractivity contribution in [3.05, 3.63) is 131 Å². The molecule has 1 aliphatic heterocycles. The van der Waals surface area contributed by atoms with Crippen LogP contribution in [0, 0.1) is 5.92 Å². The summed E-state index contributed by atoms with van der Waals surface area (Å²) in [5, 5.41) is 10.7. The first kappa shape index (κ1) is 32.2. The zero-order valence-corrected chi connectivity index (χ0v) is 25.2. The van der Waals surface area contributed by atoms with Crippen LogP contribution in [0.15, 0.2) is 109 Å². The highest BCUT2D eigenvalue weighted by Gasteiger charge is 2.50. The first-order chi connectivity index (χ1) is 22.3. The van der Waals surface area contributed by atoms with Gasteiger partial charge < -0.3 is 34.5 Å². The molecule has 10 heteroatoms. The summed E-state index contributed by atoms with van der Waals surface area (Å²) in [6.07, 6.45) is -3.97. The molecule has 1 fully saturated rings. The predicted molar refractivity (Wildman–Crippen MR) is 167 cm³/mol. The number of phenolic OH excluding ortho intramolecular Hbond substituents is 1. The molecule has 4 aromatic rings. The molecule has 5 atom stereocenters. The Kier molecular flexibility index (Phi) is 10.6. The smallest absolute Gasteiger partial charge is 0.338 e. The first-order valence-corrected chi connectivity index (χ1v) is 14.9. The third-order valence-electron chi connectivity index (χ3n) is 7.57. The monoisotopic (exact) mass is 625 g/mol. The fourth-order valence-corrected chi connectivity index (χ4v) is 5.12. The van der Waals surface area contributed by atoms with Crippen LogP contribution in [0.25, 0.3) is 0 Å². The van der Waals surface area contributed by atoms with E-state index < -0.39 is 48.4 Å². The molecule has 0 radical (unpaired) electrons. The molecule has 0 amide bonds. The fraction of sp³-hybridized carbons (Fsp3) is 0.250. The van der Waals surface area contributed by atoms with Gasteiger partial charge in [-0.15, -0.1) is 0 Å². The summed E-state index contributed by atoms with van der Waals surface area (Å²) in [4.78, 5) is 39.4. The van der Waals surface area contributed by atoms with Crippen LogP contribution in [-0.4, -0.2) is 60.8 Å². The van der Waals surface area contributed by atoms with Gasteiger partial charge in [-0.05, 0) is 67.1 Å².